The Labute approximate surface area is 125 Å². The molecule has 5 nitrogen and oxygen atoms in total. The van der Waals surface area contributed by atoms with Crippen LogP contribution >= 0.6 is 0 Å². The maximum atomic E-state index is 12.5. The lowest BCUT2D eigenvalue weighted by Gasteiger charge is -2.20. The highest BCUT2D eigenvalue weighted by atomic mass is 32.2. The molecule has 0 bridgehead atoms. The second-order valence-corrected chi connectivity index (χ2v) is 6.62. The van der Waals surface area contributed by atoms with Crippen molar-refractivity contribution in [3.63, 3.8) is 0 Å². The summed E-state index contributed by atoms with van der Waals surface area (Å²) in [5.74, 6) is 0.460. The molecule has 0 fully saturated rings. The van der Waals surface area contributed by atoms with Gasteiger partial charge in [-0.25, -0.2) is 8.42 Å². The van der Waals surface area contributed by atoms with Gasteiger partial charge in [-0.3, -0.25) is 4.31 Å². The van der Waals surface area contributed by atoms with E-state index in [4.69, 9.17) is 10.5 Å². The standard InChI is InChI=1S/C15H18N2O3S/c1-17(13-7-5-8-14(10-13)20-2)21(18,19)11-12-6-3-4-9-15(12)16/h3-10H,11,16H2,1-2H3. The van der Waals surface area contributed by atoms with Crippen LogP contribution in [0.2, 0.25) is 0 Å². The molecular weight excluding hydrogens is 288 g/mol. The lowest BCUT2D eigenvalue weighted by molar-refractivity contribution is 0.415. The number of rotatable bonds is 5. The van der Waals surface area contributed by atoms with Gasteiger partial charge < -0.3 is 10.5 Å². The van der Waals surface area contributed by atoms with E-state index in [2.05, 4.69) is 0 Å². The number of ether oxygens (including phenoxy) is 1. The van der Waals surface area contributed by atoms with Gasteiger partial charge in [0.1, 0.15) is 5.75 Å². The first-order valence-electron chi connectivity index (χ1n) is 6.38. The molecule has 6 heteroatoms. The summed E-state index contributed by atoms with van der Waals surface area (Å²) in [7, 11) is -0.459. The minimum Gasteiger partial charge on any atom is -0.497 e. The van der Waals surface area contributed by atoms with Crippen molar-refractivity contribution in [1.82, 2.24) is 0 Å². The van der Waals surface area contributed by atoms with Crippen LogP contribution in [0.3, 0.4) is 0 Å². The van der Waals surface area contributed by atoms with Crippen LogP contribution in [0.25, 0.3) is 0 Å². The maximum Gasteiger partial charge on any atom is 0.239 e. The summed E-state index contributed by atoms with van der Waals surface area (Å²) in [5, 5.41) is 0. The first kappa shape index (κ1) is 15.2. The molecule has 0 aliphatic carbocycles. The minimum absolute atomic E-state index is 0.145. The summed E-state index contributed by atoms with van der Waals surface area (Å²) >= 11 is 0. The summed E-state index contributed by atoms with van der Waals surface area (Å²) < 4.78 is 31.3. The van der Waals surface area contributed by atoms with Crippen molar-refractivity contribution >= 4 is 21.4 Å². The highest BCUT2D eigenvalue weighted by Gasteiger charge is 2.20. The van der Waals surface area contributed by atoms with Crippen molar-refractivity contribution in [2.45, 2.75) is 5.75 Å². The first-order valence-corrected chi connectivity index (χ1v) is 7.99. The van der Waals surface area contributed by atoms with E-state index in [9.17, 15) is 8.42 Å². The fraction of sp³-hybridized carbons (Fsp3) is 0.200. The van der Waals surface area contributed by atoms with Crippen molar-refractivity contribution in [2.24, 2.45) is 0 Å². The molecule has 0 heterocycles. The summed E-state index contributed by atoms with van der Waals surface area (Å²) in [4.78, 5) is 0. The molecule has 0 unspecified atom stereocenters. The molecular formula is C15H18N2O3S. The first-order chi connectivity index (χ1) is 9.94. The maximum absolute atomic E-state index is 12.5. The van der Waals surface area contributed by atoms with Gasteiger partial charge in [0, 0.05) is 18.8 Å². The number of methoxy groups -OCH3 is 1. The van der Waals surface area contributed by atoms with E-state index in [0.29, 0.717) is 22.7 Å². The summed E-state index contributed by atoms with van der Waals surface area (Å²) in [6.45, 7) is 0. The minimum atomic E-state index is -3.52. The Bertz CT molecular complexity index is 729. The van der Waals surface area contributed by atoms with Gasteiger partial charge in [-0.05, 0) is 23.8 Å². The highest BCUT2D eigenvalue weighted by molar-refractivity contribution is 7.92. The van der Waals surface area contributed by atoms with Crippen molar-refractivity contribution in [1.29, 1.82) is 0 Å². The molecule has 0 aliphatic rings. The zero-order valence-electron chi connectivity index (χ0n) is 12.0. The number of anilines is 2. The molecule has 2 aromatic rings. The Balaban J connectivity index is 2.28. The number of benzene rings is 2. The summed E-state index contributed by atoms with van der Waals surface area (Å²) in [6.07, 6.45) is 0. The van der Waals surface area contributed by atoms with Crippen LogP contribution in [0.5, 0.6) is 5.75 Å². The summed E-state index contributed by atoms with van der Waals surface area (Å²) in [6, 6.07) is 13.9. The lowest BCUT2D eigenvalue weighted by atomic mass is 10.2. The van der Waals surface area contributed by atoms with Crippen LogP contribution in [0.1, 0.15) is 5.56 Å². The predicted molar refractivity (Wildman–Crippen MR) is 84.9 cm³/mol. The van der Waals surface area contributed by atoms with Gasteiger partial charge >= 0.3 is 0 Å². The molecule has 0 radical (unpaired) electrons. The molecule has 0 atom stereocenters. The van der Waals surface area contributed by atoms with Crippen LogP contribution in [0.4, 0.5) is 11.4 Å². The zero-order valence-corrected chi connectivity index (χ0v) is 12.8. The van der Waals surface area contributed by atoms with E-state index in [0.717, 1.165) is 0 Å². The van der Waals surface area contributed by atoms with E-state index >= 15 is 0 Å². The molecule has 2 N–H and O–H groups in total. The summed E-state index contributed by atoms with van der Waals surface area (Å²) in [5.41, 5.74) is 7.42. The van der Waals surface area contributed by atoms with Crippen molar-refractivity contribution in [2.75, 3.05) is 24.2 Å². The molecule has 2 aromatic carbocycles. The van der Waals surface area contributed by atoms with Crippen LogP contribution in [-0.4, -0.2) is 22.6 Å². The lowest BCUT2D eigenvalue weighted by Crippen LogP contribution is -2.28. The monoisotopic (exact) mass is 306 g/mol. The fourth-order valence-electron chi connectivity index (χ4n) is 1.93. The van der Waals surface area contributed by atoms with Crippen LogP contribution in [0, 0.1) is 0 Å². The Morgan fingerprint density at radius 1 is 1.14 bits per heavy atom. The molecule has 0 spiro atoms. The molecule has 0 aromatic heterocycles. The van der Waals surface area contributed by atoms with Crippen LogP contribution in [-0.2, 0) is 15.8 Å². The van der Waals surface area contributed by atoms with E-state index in [1.54, 1.807) is 48.5 Å². The zero-order chi connectivity index (χ0) is 15.5. The van der Waals surface area contributed by atoms with Crippen molar-refractivity contribution < 1.29 is 13.2 Å². The molecule has 0 amide bonds. The number of nitrogens with zero attached hydrogens (tertiary/aromatic N) is 1. The van der Waals surface area contributed by atoms with Gasteiger partial charge in [0.05, 0.1) is 18.6 Å². The van der Waals surface area contributed by atoms with Gasteiger partial charge in [-0.15, -0.1) is 0 Å². The molecule has 0 saturated carbocycles. The van der Waals surface area contributed by atoms with Gasteiger partial charge in [-0.2, -0.15) is 0 Å². The number of hydrogen-bond acceptors (Lipinski definition) is 4. The van der Waals surface area contributed by atoms with Gasteiger partial charge in [0.25, 0.3) is 0 Å². The van der Waals surface area contributed by atoms with Gasteiger partial charge in [-0.1, -0.05) is 24.3 Å². The van der Waals surface area contributed by atoms with E-state index in [1.165, 1.54) is 18.5 Å². The Hall–Kier alpha value is -2.21. The van der Waals surface area contributed by atoms with Crippen molar-refractivity contribution in [3.8, 4) is 5.75 Å². The van der Waals surface area contributed by atoms with Crippen LogP contribution in [0.15, 0.2) is 48.5 Å². The third kappa shape index (κ3) is 3.46. The number of nitrogen functional groups attached to an aromatic ring is 1. The Kier molecular flexibility index (Phi) is 4.37. The molecule has 112 valence electrons. The smallest absolute Gasteiger partial charge is 0.239 e. The average molecular weight is 306 g/mol. The number of para-hydroxylation sites is 1. The molecule has 0 aliphatic heterocycles. The fourth-order valence-corrected chi connectivity index (χ4v) is 3.21. The highest BCUT2D eigenvalue weighted by Crippen LogP contribution is 2.24. The van der Waals surface area contributed by atoms with Gasteiger partial charge in [0.15, 0.2) is 0 Å². The van der Waals surface area contributed by atoms with E-state index < -0.39 is 10.0 Å². The second kappa shape index (κ2) is 6.05. The second-order valence-electron chi connectivity index (χ2n) is 4.62. The quantitative estimate of drug-likeness (QED) is 0.860. The van der Waals surface area contributed by atoms with Crippen molar-refractivity contribution in [3.05, 3.63) is 54.1 Å². The van der Waals surface area contributed by atoms with E-state index in [1.807, 2.05) is 0 Å². The van der Waals surface area contributed by atoms with Crippen LogP contribution < -0.4 is 14.8 Å². The molecule has 2 rings (SSSR count). The number of sulfonamides is 1. The average Bonchev–Trinajstić information content (AvgIpc) is 2.48. The Morgan fingerprint density at radius 3 is 2.52 bits per heavy atom. The SMILES string of the molecule is COc1cccc(N(C)S(=O)(=O)Cc2ccccc2N)c1. The van der Waals surface area contributed by atoms with Gasteiger partial charge in [0.2, 0.25) is 10.0 Å². The largest absolute Gasteiger partial charge is 0.497 e. The van der Waals surface area contributed by atoms with E-state index in [-0.39, 0.29) is 5.75 Å². The number of hydrogen-bond donors (Lipinski definition) is 1. The molecule has 21 heavy (non-hydrogen) atoms. The Morgan fingerprint density at radius 2 is 1.86 bits per heavy atom. The third-order valence-electron chi connectivity index (χ3n) is 3.23. The third-order valence-corrected chi connectivity index (χ3v) is 4.95. The topological polar surface area (TPSA) is 72.6 Å². The molecule has 0 saturated heterocycles. The normalized spacial score (nSPS) is 11.1. The predicted octanol–water partition coefficient (Wildman–Crippen LogP) is 2.24. The number of nitrogens with two attached hydrogens (primary N) is 1.